The molecule has 1 aliphatic heterocycles. The number of carboxylic acids is 1. The summed E-state index contributed by atoms with van der Waals surface area (Å²) in [4.78, 5) is 38.5. The Bertz CT molecular complexity index is 627. The molecule has 7 nitrogen and oxygen atoms in total. The summed E-state index contributed by atoms with van der Waals surface area (Å²) in [5, 5.41) is 11.7. The van der Waals surface area contributed by atoms with E-state index in [9.17, 15) is 14.4 Å². The van der Waals surface area contributed by atoms with Crippen LogP contribution >= 0.6 is 0 Å². The molecular formula is C15H17N3O4. The van der Waals surface area contributed by atoms with Crippen LogP contribution in [0.15, 0.2) is 35.3 Å². The van der Waals surface area contributed by atoms with Gasteiger partial charge in [0.05, 0.1) is 18.2 Å². The molecule has 1 heterocycles. The van der Waals surface area contributed by atoms with Crippen LogP contribution in [0.1, 0.15) is 19.8 Å². The summed E-state index contributed by atoms with van der Waals surface area (Å²) < 4.78 is 0. The minimum Gasteiger partial charge on any atom is -0.481 e. The highest BCUT2D eigenvalue weighted by Gasteiger charge is 2.40. The van der Waals surface area contributed by atoms with Crippen LogP contribution in [0, 0.1) is 0 Å². The molecule has 0 saturated carbocycles. The van der Waals surface area contributed by atoms with E-state index in [0.29, 0.717) is 5.69 Å². The molecule has 1 unspecified atom stereocenters. The maximum Gasteiger partial charge on any atom is 0.303 e. The lowest BCUT2D eigenvalue weighted by Gasteiger charge is -2.25. The molecule has 2 amide bonds. The quantitative estimate of drug-likeness (QED) is 0.899. The summed E-state index contributed by atoms with van der Waals surface area (Å²) in [5.41, 5.74) is 0.812. The van der Waals surface area contributed by atoms with E-state index in [1.807, 2.05) is 18.2 Å². The molecule has 0 aromatic heterocycles. The van der Waals surface area contributed by atoms with Crippen molar-refractivity contribution in [3.8, 4) is 0 Å². The first-order valence-corrected chi connectivity index (χ1v) is 6.87. The van der Waals surface area contributed by atoms with E-state index in [-0.39, 0.29) is 30.5 Å². The molecule has 1 aliphatic rings. The van der Waals surface area contributed by atoms with Crippen molar-refractivity contribution in [2.24, 2.45) is 4.99 Å². The van der Waals surface area contributed by atoms with Crippen LogP contribution in [-0.4, -0.2) is 46.7 Å². The Balaban J connectivity index is 2.22. The van der Waals surface area contributed by atoms with Crippen LogP contribution in [-0.2, 0) is 14.4 Å². The highest BCUT2D eigenvalue weighted by atomic mass is 16.4. The maximum atomic E-state index is 12.5. The number of hydrogen-bond acceptors (Lipinski definition) is 4. The van der Waals surface area contributed by atoms with Crippen molar-refractivity contribution in [2.45, 2.75) is 25.8 Å². The second-order valence-corrected chi connectivity index (χ2v) is 4.99. The Morgan fingerprint density at radius 1 is 1.23 bits per heavy atom. The molecule has 1 aromatic rings. The first-order chi connectivity index (χ1) is 10.4. The Hall–Kier alpha value is -2.54. The number of benzene rings is 1. The molecule has 116 valence electrons. The first kappa shape index (κ1) is 15.8. The number of carbonyl (C=O) groups excluding carboxylic acids is 2. The Kier molecular flexibility index (Phi) is 4.67. The van der Waals surface area contributed by atoms with Gasteiger partial charge < -0.3 is 5.11 Å². The SMILES string of the molecule is CC1C(=NC(=O)CCC(=O)O)C(=O)N(c2ccccc2)N1C. The highest BCUT2D eigenvalue weighted by molar-refractivity contribution is 6.48. The lowest BCUT2D eigenvalue weighted by Crippen LogP contribution is -2.38. The van der Waals surface area contributed by atoms with Gasteiger partial charge in [0.15, 0.2) is 0 Å². The van der Waals surface area contributed by atoms with Crippen LogP contribution in [0.25, 0.3) is 0 Å². The number of aliphatic imine (C=N–C) groups is 1. The number of hydrazine groups is 1. The van der Waals surface area contributed by atoms with Crippen molar-refractivity contribution in [1.82, 2.24) is 5.01 Å². The number of anilines is 1. The van der Waals surface area contributed by atoms with Crippen molar-refractivity contribution in [2.75, 3.05) is 12.1 Å². The summed E-state index contributed by atoms with van der Waals surface area (Å²) in [5.74, 6) is -2.03. The van der Waals surface area contributed by atoms with Crippen molar-refractivity contribution in [1.29, 1.82) is 0 Å². The van der Waals surface area contributed by atoms with E-state index in [0.717, 1.165) is 0 Å². The van der Waals surface area contributed by atoms with Crippen LogP contribution in [0.5, 0.6) is 0 Å². The van der Waals surface area contributed by atoms with E-state index in [2.05, 4.69) is 4.99 Å². The van der Waals surface area contributed by atoms with Gasteiger partial charge in [-0.25, -0.2) is 15.0 Å². The van der Waals surface area contributed by atoms with Gasteiger partial charge in [-0.2, -0.15) is 0 Å². The molecule has 0 radical (unpaired) electrons. The molecule has 2 rings (SSSR count). The third-order valence-corrected chi connectivity index (χ3v) is 3.48. The number of rotatable bonds is 4. The van der Waals surface area contributed by atoms with E-state index in [1.54, 1.807) is 31.1 Å². The van der Waals surface area contributed by atoms with Gasteiger partial charge in [-0.3, -0.25) is 14.4 Å². The molecule has 1 saturated heterocycles. The van der Waals surface area contributed by atoms with E-state index in [4.69, 9.17) is 5.11 Å². The predicted octanol–water partition coefficient (Wildman–Crippen LogP) is 1.10. The van der Waals surface area contributed by atoms with Gasteiger partial charge in [0.2, 0.25) is 5.91 Å². The number of carbonyl (C=O) groups is 3. The molecule has 0 bridgehead atoms. The van der Waals surface area contributed by atoms with Gasteiger partial charge in [-0.15, -0.1) is 0 Å². The summed E-state index contributed by atoms with van der Waals surface area (Å²) >= 11 is 0. The normalized spacial score (nSPS) is 20.6. The number of aliphatic carboxylic acids is 1. The van der Waals surface area contributed by atoms with Gasteiger partial charge in [0.1, 0.15) is 5.71 Å². The third-order valence-electron chi connectivity index (χ3n) is 3.48. The molecular weight excluding hydrogens is 286 g/mol. The van der Waals surface area contributed by atoms with Crippen molar-refractivity contribution in [3.05, 3.63) is 30.3 Å². The van der Waals surface area contributed by atoms with Gasteiger partial charge >= 0.3 is 5.97 Å². The zero-order valence-corrected chi connectivity index (χ0v) is 12.4. The molecule has 1 N–H and O–H groups in total. The number of para-hydroxylation sites is 1. The lowest BCUT2D eigenvalue weighted by atomic mass is 10.2. The minimum absolute atomic E-state index is 0.127. The molecule has 7 heteroatoms. The van der Waals surface area contributed by atoms with E-state index >= 15 is 0 Å². The fourth-order valence-electron chi connectivity index (χ4n) is 2.19. The van der Waals surface area contributed by atoms with Crippen molar-refractivity contribution < 1.29 is 19.5 Å². The van der Waals surface area contributed by atoms with Crippen LogP contribution < -0.4 is 5.01 Å². The number of amides is 2. The van der Waals surface area contributed by atoms with Gasteiger partial charge in [0.25, 0.3) is 5.91 Å². The summed E-state index contributed by atoms with van der Waals surface area (Å²) in [6.45, 7) is 1.77. The van der Waals surface area contributed by atoms with Crippen molar-refractivity contribution >= 4 is 29.2 Å². The van der Waals surface area contributed by atoms with E-state index < -0.39 is 11.9 Å². The summed E-state index contributed by atoms with van der Waals surface area (Å²) in [6, 6.07) is 8.69. The van der Waals surface area contributed by atoms with E-state index in [1.165, 1.54) is 5.01 Å². The first-order valence-electron chi connectivity index (χ1n) is 6.87. The van der Waals surface area contributed by atoms with Gasteiger partial charge in [0, 0.05) is 13.5 Å². The third kappa shape index (κ3) is 3.20. The summed E-state index contributed by atoms with van der Waals surface area (Å²) in [6.07, 6.45) is -0.510. The average Bonchev–Trinajstić information content (AvgIpc) is 2.70. The highest BCUT2D eigenvalue weighted by Crippen LogP contribution is 2.24. The molecule has 1 atom stereocenters. The number of hydrogen-bond donors (Lipinski definition) is 1. The molecule has 22 heavy (non-hydrogen) atoms. The zero-order valence-electron chi connectivity index (χ0n) is 12.4. The van der Waals surface area contributed by atoms with Crippen molar-refractivity contribution in [3.63, 3.8) is 0 Å². The fourth-order valence-corrected chi connectivity index (χ4v) is 2.19. The Morgan fingerprint density at radius 2 is 1.86 bits per heavy atom. The lowest BCUT2D eigenvalue weighted by molar-refractivity contribution is -0.138. The molecule has 0 aliphatic carbocycles. The van der Waals surface area contributed by atoms with Gasteiger partial charge in [-0.1, -0.05) is 18.2 Å². The topological polar surface area (TPSA) is 90.3 Å². The maximum absolute atomic E-state index is 12.5. The average molecular weight is 303 g/mol. The van der Waals surface area contributed by atoms with Crippen LogP contribution in [0.2, 0.25) is 0 Å². The van der Waals surface area contributed by atoms with Crippen LogP contribution in [0.3, 0.4) is 0 Å². The second-order valence-electron chi connectivity index (χ2n) is 4.99. The molecule has 1 fully saturated rings. The number of nitrogens with zero attached hydrogens (tertiary/aromatic N) is 3. The minimum atomic E-state index is -1.07. The Morgan fingerprint density at radius 3 is 2.45 bits per heavy atom. The largest absolute Gasteiger partial charge is 0.481 e. The summed E-state index contributed by atoms with van der Waals surface area (Å²) in [7, 11) is 1.74. The Labute approximate surface area is 127 Å². The predicted molar refractivity (Wildman–Crippen MR) is 80.5 cm³/mol. The molecule has 0 spiro atoms. The monoisotopic (exact) mass is 303 g/mol. The zero-order chi connectivity index (χ0) is 16.3. The second kappa shape index (κ2) is 6.48. The standard InChI is InChI=1S/C15H17N3O4/c1-10-14(16-12(19)8-9-13(20)21)15(22)18(17(10)2)11-6-4-3-5-7-11/h3-7,10H,8-9H2,1-2H3,(H,20,21). The molecule has 1 aromatic carbocycles. The fraction of sp³-hybridized carbons (Fsp3) is 0.333. The smallest absolute Gasteiger partial charge is 0.303 e. The number of carboxylic acid groups (broad SMARTS) is 1. The van der Waals surface area contributed by atoms with Gasteiger partial charge in [-0.05, 0) is 19.1 Å². The van der Waals surface area contributed by atoms with Crippen LogP contribution in [0.4, 0.5) is 5.69 Å².